The third-order valence-corrected chi connectivity index (χ3v) is 3.37. The minimum Gasteiger partial charge on any atom is -0.501 e. The van der Waals surface area contributed by atoms with Crippen molar-refractivity contribution in [3.63, 3.8) is 0 Å². The Morgan fingerprint density at radius 1 is 1.71 bits per heavy atom. The number of carbonyl (C=O) groups excluding carboxylic acids is 1. The van der Waals surface area contributed by atoms with Crippen LogP contribution < -0.4 is 0 Å². The molecule has 1 aromatic heterocycles. The fraction of sp³-hybridized carbons (Fsp3) is 0.385. The second-order valence-electron chi connectivity index (χ2n) is 3.84. The monoisotopic (exact) mass is 251 g/mol. The molecule has 0 saturated heterocycles. The molecule has 0 aliphatic rings. The molecule has 0 spiro atoms. The Morgan fingerprint density at radius 2 is 2.41 bits per heavy atom. The number of hydrogen-bond acceptors (Lipinski definition) is 4. The molecule has 1 rings (SSSR count). The number of carbonyl (C=O) groups is 1. The number of rotatable bonds is 6. The van der Waals surface area contributed by atoms with Gasteiger partial charge >= 0.3 is 0 Å². The average Bonchev–Trinajstić information content (AvgIpc) is 2.76. The van der Waals surface area contributed by atoms with Crippen LogP contribution >= 0.6 is 11.3 Å². The molecule has 1 unspecified atom stereocenters. The smallest absolute Gasteiger partial charge is 0.188 e. The predicted octanol–water partition coefficient (Wildman–Crippen LogP) is 3.55. The number of hydrogen-bond donors (Lipinski definition) is 0. The van der Waals surface area contributed by atoms with Crippen molar-refractivity contribution in [2.75, 3.05) is 7.11 Å². The lowest BCUT2D eigenvalue weighted by atomic mass is 10.1. The Morgan fingerprint density at radius 3 is 2.94 bits per heavy atom. The van der Waals surface area contributed by atoms with Gasteiger partial charge in [0.2, 0.25) is 0 Å². The molecule has 0 N–H and O–H groups in total. The Balaban J connectivity index is 2.53. The van der Waals surface area contributed by atoms with Crippen molar-refractivity contribution in [1.82, 2.24) is 4.98 Å². The van der Waals surface area contributed by atoms with Gasteiger partial charge in [0.1, 0.15) is 0 Å². The lowest BCUT2D eigenvalue weighted by Crippen LogP contribution is -1.98. The van der Waals surface area contributed by atoms with Gasteiger partial charge in [-0.25, -0.2) is 4.98 Å². The normalized spacial score (nSPS) is 12.6. The van der Waals surface area contributed by atoms with Crippen LogP contribution in [0.2, 0.25) is 0 Å². The van der Waals surface area contributed by atoms with Crippen LogP contribution in [-0.4, -0.2) is 17.9 Å². The number of methoxy groups -OCH3 is 1. The third kappa shape index (κ3) is 4.15. The number of allylic oxidation sites excluding steroid dienone is 2. The minimum absolute atomic E-state index is 0.00998. The molecular weight excluding hydrogens is 234 g/mol. The standard InChI is InChI=1S/C13H17NO2S/c1-9(11(3)16-4)6-5-7-12-8-17-13(14-12)10(2)15/h5,7-9H,3,6H2,1-2,4H3/b7-5+. The lowest BCUT2D eigenvalue weighted by Gasteiger charge is -2.10. The zero-order valence-corrected chi connectivity index (χ0v) is 11.2. The van der Waals surface area contributed by atoms with Crippen molar-refractivity contribution >= 4 is 23.2 Å². The van der Waals surface area contributed by atoms with Crippen molar-refractivity contribution in [1.29, 1.82) is 0 Å². The van der Waals surface area contributed by atoms with E-state index in [4.69, 9.17) is 4.74 Å². The number of nitrogens with zero attached hydrogens (tertiary/aromatic N) is 1. The molecular formula is C13H17NO2S. The second kappa shape index (κ2) is 6.35. The van der Waals surface area contributed by atoms with Gasteiger partial charge in [-0.2, -0.15) is 0 Å². The highest BCUT2D eigenvalue weighted by atomic mass is 32.1. The predicted molar refractivity (Wildman–Crippen MR) is 71.1 cm³/mol. The molecule has 0 saturated carbocycles. The van der Waals surface area contributed by atoms with E-state index in [-0.39, 0.29) is 11.7 Å². The number of ether oxygens (including phenoxy) is 1. The quantitative estimate of drug-likeness (QED) is 0.573. The zero-order valence-electron chi connectivity index (χ0n) is 10.4. The van der Waals surface area contributed by atoms with E-state index < -0.39 is 0 Å². The molecule has 0 aliphatic heterocycles. The van der Waals surface area contributed by atoms with Gasteiger partial charge in [-0.15, -0.1) is 11.3 Å². The Hall–Kier alpha value is -1.42. The molecule has 1 aromatic rings. The molecule has 17 heavy (non-hydrogen) atoms. The first kappa shape index (κ1) is 13.6. The summed E-state index contributed by atoms with van der Waals surface area (Å²) < 4.78 is 5.06. The molecule has 0 fully saturated rings. The lowest BCUT2D eigenvalue weighted by molar-refractivity contribution is 0.101. The van der Waals surface area contributed by atoms with E-state index in [1.54, 1.807) is 7.11 Å². The van der Waals surface area contributed by atoms with Crippen molar-refractivity contribution in [2.45, 2.75) is 20.3 Å². The summed E-state index contributed by atoms with van der Waals surface area (Å²) in [5, 5.41) is 2.43. The van der Waals surface area contributed by atoms with Gasteiger partial charge in [-0.1, -0.05) is 19.6 Å². The van der Waals surface area contributed by atoms with Crippen LogP contribution in [0.4, 0.5) is 0 Å². The van der Waals surface area contributed by atoms with Gasteiger partial charge in [-0.05, 0) is 12.5 Å². The maximum Gasteiger partial charge on any atom is 0.188 e. The summed E-state index contributed by atoms with van der Waals surface area (Å²) in [4.78, 5) is 15.3. The van der Waals surface area contributed by atoms with Crippen LogP contribution in [0, 0.1) is 5.92 Å². The molecule has 0 bridgehead atoms. The summed E-state index contributed by atoms with van der Waals surface area (Å²) in [5.41, 5.74) is 0.829. The summed E-state index contributed by atoms with van der Waals surface area (Å²) in [6.07, 6.45) is 4.79. The average molecular weight is 251 g/mol. The fourth-order valence-electron chi connectivity index (χ4n) is 1.25. The number of thiazole rings is 1. The maximum absolute atomic E-state index is 11.1. The second-order valence-corrected chi connectivity index (χ2v) is 4.70. The molecule has 0 radical (unpaired) electrons. The molecule has 4 heteroatoms. The SMILES string of the molecule is C=C(OC)C(C)C/C=C/c1csc(C(C)=O)n1. The molecule has 1 heterocycles. The van der Waals surface area contributed by atoms with Crippen LogP contribution in [0.3, 0.4) is 0 Å². The maximum atomic E-state index is 11.1. The Kier molecular flexibility index (Phi) is 5.10. The van der Waals surface area contributed by atoms with Crippen molar-refractivity contribution in [2.24, 2.45) is 5.92 Å². The first-order chi connectivity index (χ1) is 8.04. The summed E-state index contributed by atoms with van der Waals surface area (Å²) in [6.45, 7) is 7.39. The van der Waals surface area contributed by atoms with Gasteiger partial charge in [0.25, 0.3) is 0 Å². The first-order valence-corrected chi connectivity index (χ1v) is 6.28. The summed E-state index contributed by atoms with van der Waals surface area (Å²) in [7, 11) is 1.63. The largest absolute Gasteiger partial charge is 0.501 e. The Labute approximate surface area is 106 Å². The van der Waals surface area contributed by atoms with Crippen molar-refractivity contribution in [3.8, 4) is 0 Å². The van der Waals surface area contributed by atoms with Gasteiger partial charge in [0, 0.05) is 18.2 Å². The van der Waals surface area contributed by atoms with Gasteiger partial charge in [-0.3, -0.25) is 4.79 Å². The third-order valence-electron chi connectivity index (χ3n) is 2.41. The van der Waals surface area contributed by atoms with Gasteiger partial charge in [0.15, 0.2) is 10.8 Å². The van der Waals surface area contributed by atoms with Crippen LogP contribution in [0.1, 0.15) is 35.8 Å². The van der Waals surface area contributed by atoms with Crippen molar-refractivity contribution < 1.29 is 9.53 Å². The van der Waals surface area contributed by atoms with Crippen LogP contribution in [-0.2, 0) is 4.74 Å². The molecule has 0 aromatic carbocycles. The molecule has 0 amide bonds. The molecule has 92 valence electrons. The molecule has 1 atom stereocenters. The number of Topliss-reactive ketones (excluding diaryl/α,β-unsaturated/α-hetero) is 1. The van der Waals surface area contributed by atoms with E-state index >= 15 is 0 Å². The van der Waals surface area contributed by atoms with Crippen molar-refractivity contribution in [3.05, 3.63) is 34.5 Å². The zero-order chi connectivity index (χ0) is 12.8. The van der Waals surface area contributed by atoms with E-state index in [1.165, 1.54) is 18.3 Å². The van der Waals surface area contributed by atoms with E-state index in [1.807, 2.05) is 17.5 Å². The van der Waals surface area contributed by atoms with E-state index in [9.17, 15) is 4.79 Å². The summed E-state index contributed by atoms with van der Waals surface area (Å²) >= 11 is 1.37. The van der Waals surface area contributed by atoms with E-state index in [2.05, 4.69) is 18.5 Å². The van der Waals surface area contributed by atoms with Crippen LogP contribution in [0.25, 0.3) is 6.08 Å². The van der Waals surface area contributed by atoms with Crippen LogP contribution in [0.5, 0.6) is 0 Å². The van der Waals surface area contributed by atoms with Crippen LogP contribution in [0.15, 0.2) is 23.8 Å². The van der Waals surface area contributed by atoms with Gasteiger partial charge < -0.3 is 4.74 Å². The van der Waals surface area contributed by atoms with Gasteiger partial charge in [0.05, 0.1) is 18.6 Å². The molecule has 0 aliphatic carbocycles. The molecule has 3 nitrogen and oxygen atoms in total. The highest BCUT2D eigenvalue weighted by molar-refractivity contribution is 7.11. The Bertz CT molecular complexity index is 434. The highest BCUT2D eigenvalue weighted by Crippen LogP contribution is 2.16. The first-order valence-electron chi connectivity index (χ1n) is 5.40. The fourth-order valence-corrected chi connectivity index (χ4v) is 1.94. The topological polar surface area (TPSA) is 39.2 Å². The summed E-state index contributed by atoms with van der Waals surface area (Å²) in [5.74, 6) is 1.07. The number of ketones is 1. The van der Waals surface area contributed by atoms with E-state index in [0.29, 0.717) is 5.01 Å². The highest BCUT2D eigenvalue weighted by Gasteiger charge is 2.05. The minimum atomic E-state index is 0.00998. The summed E-state index contributed by atoms with van der Waals surface area (Å²) in [6, 6.07) is 0. The van der Waals surface area contributed by atoms with E-state index in [0.717, 1.165) is 17.9 Å². The number of aromatic nitrogens is 1.